The molecule has 1 heterocycles. The lowest BCUT2D eigenvalue weighted by Gasteiger charge is -2.02. The normalized spacial score (nSPS) is 10.8. The van der Waals surface area contributed by atoms with E-state index < -0.39 is 0 Å². The van der Waals surface area contributed by atoms with Crippen LogP contribution in [0.2, 0.25) is 5.02 Å². The van der Waals surface area contributed by atoms with Crippen LogP contribution in [0, 0.1) is 12.7 Å². The van der Waals surface area contributed by atoms with Gasteiger partial charge >= 0.3 is 0 Å². The van der Waals surface area contributed by atoms with Gasteiger partial charge in [-0.2, -0.15) is 0 Å². The zero-order chi connectivity index (χ0) is 10.3. The van der Waals surface area contributed by atoms with Gasteiger partial charge in [-0.05, 0) is 24.6 Å². The van der Waals surface area contributed by atoms with E-state index in [1.165, 1.54) is 18.3 Å². The van der Waals surface area contributed by atoms with Gasteiger partial charge in [-0.25, -0.2) is 4.39 Å². The molecule has 1 N–H and O–H groups in total. The summed E-state index contributed by atoms with van der Waals surface area (Å²) in [4.78, 5) is 14.4. The van der Waals surface area contributed by atoms with Gasteiger partial charge < -0.3 is 4.98 Å². The van der Waals surface area contributed by atoms with E-state index in [2.05, 4.69) is 4.98 Å². The highest BCUT2D eigenvalue weighted by molar-refractivity contribution is 6.31. The Balaban J connectivity index is 3.03. The topological polar surface area (TPSA) is 32.9 Å². The number of benzene rings is 1. The Kier molecular flexibility index (Phi) is 2.04. The first-order valence-electron chi connectivity index (χ1n) is 4.06. The van der Waals surface area contributed by atoms with Crippen LogP contribution >= 0.6 is 11.6 Å². The lowest BCUT2D eigenvalue weighted by atomic mass is 10.1. The maximum absolute atomic E-state index is 13.0. The second-order valence-electron chi connectivity index (χ2n) is 3.11. The summed E-state index contributed by atoms with van der Waals surface area (Å²) in [5.41, 5.74) is 0.790. The minimum atomic E-state index is -0.368. The monoisotopic (exact) mass is 211 g/mol. The Morgan fingerprint density at radius 2 is 2.14 bits per heavy atom. The molecule has 14 heavy (non-hydrogen) atoms. The van der Waals surface area contributed by atoms with E-state index in [4.69, 9.17) is 11.6 Å². The number of hydrogen-bond donors (Lipinski definition) is 1. The highest BCUT2D eigenvalue weighted by Crippen LogP contribution is 2.16. The van der Waals surface area contributed by atoms with E-state index in [1.54, 1.807) is 6.92 Å². The maximum atomic E-state index is 13.0. The van der Waals surface area contributed by atoms with E-state index in [1.807, 2.05) is 0 Å². The third-order valence-corrected chi connectivity index (χ3v) is 2.38. The van der Waals surface area contributed by atoms with Crippen molar-refractivity contribution in [3.05, 3.63) is 45.0 Å². The van der Waals surface area contributed by atoms with Gasteiger partial charge in [-0.3, -0.25) is 4.79 Å². The zero-order valence-electron chi connectivity index (χ0n) is 7.40. The van der Waals surface area contributed by atoms with Crippen LogP contribution in [0.4, 0.5) is 4.39 Å². The lowest BCUT2D eigenvalue weighted by molar-refractivity contribution is 0.628. The van der Waals surface area contributed by atoms with Crippen LogP contribution in [-0.4, -0.2) is 4.98 Å². The summed E-state index contributed by atoms with van der Waals surface area (Å²) >= 11 is 5.66. The molecule has 0 radical (unpaired) electrons. The molecule has 0 saturated carbocycles. The van der Waals surface area contributed by atoms with Crippen molar-refractivity contribution in [3.8, 4) is 0 Å². The molecule has 0 amide bonds. The first kappa shape index (κ1) is 9.21. The van der Waals surface area contributed by atoms with Gasteiger partial charge in [0.1, 0.15) is 10.8 Å². The zero-order valence-corrected chi connectivity index (χ0v) is 8.15. The van der Waals surface area contributed by atoms with Crippen molar-refractivity contribution in [2.24, 2.45) is 0 Å². The molecule has 0 aliphatic heterocycles. The van der Waals surface area contributed by atoms with Crippen molar-refractivity contribution < 1.29 is 4.39 Å². The van der Waals surface area contributed by atoms with Gasteiger partial charge in [0, 0.05) is 6.20 Å². The Labute approximate surface area is 84.3 Å². The van der Waals surface area contributed by atoms with E-state index in [0.29, 0.717) is 16.5 Å². The van der Waals surface area contributed by atoms with Crippen molar-refractivity contribution in [1.82, 2.24) is 4.98 Å². The third kappa shape index (κ3) is 1.30. The van der Waals surface area contributed by atoms with Crippen LogP contribution in [0.15, 0.2) is 23.1 Å². The van der Waals surface area contributed by atoms with E-state index in [-0.39, 0.29) is 16.3 Å². The molecule has 1 aromatic heterocycles. The van der Waals surface area contributed by atoms with Gasteiger partial charge in [0.25, 0.3) is 0 Å². The maximum Gasteiger partial charge on any atom is 0.208 e. The second-order valence-corrected chi connectivity index (χ2v) is 3.52. The highest BCUT2D eigenvalue weighted by Gasteiger charge is 2.07. The van der Waals surface area contributed by atoms with Crippen LogP contribution in [-0.2, 0) is 0 Å². The first-order chi connectivity index (χ1) is 6.59. The van der Waals surface area contributed by atoms with Crippen molar-refractivity contribution in [1.29, 1.82) is 0 Å². The molecule has 1 aromatic carbocycles. The smallest absolute Gasteiger partial charge is 0.208 e. The van der Waals surface area contributed by atoms with Gasteiger partial charge in [0.05, 0.1) is 10.9 Å². The van der Waals surface area contributed by atoms with Gasteiger partial charge in [-0.1, -0.05) is 11.6 Å². The summed E-state index contributed by atoms with van der Waals surface area (Å²) in [6, 6.07) is 2.59. The third-order valence-electron chi connectivity index (χ3n) is 2.10. The average molecular weight is 212 g/mol. The molecule has 0 spiro atoms. The summed E-state index contributed by atoms with van der Waals surface area (Å²) in [5.74, 6) is -0.368. The number of aromatic nitrogens is 1. The van der Waals surface area contributed by atoms with Crippen molar-refractivity contribution in [2.75, 3.05) is 0 Å². The number of fused-ring (bicyclic) bond motifs is 1. The van der Waals surface area contributed by atoms with Gasteiger partial charge in [-0.15, -0.1) is 0 Å². The lowest BCUT2D eigenvalue weighted by Crippen LogP contribution is -2.05. The minimum absolute atomic E-state index is 0.118. The molecule has 0 aliphatic carbocycles. The molecule has 2 aromatic rings. The summed E-state index contributed by atoms with van der Waals surface area (Å²) in [5, 5.41) is 0.561. The number of hydrogen-bond acceptors (Lipinski definition) is 1. The van der Waals surface area contributed by atoms with E-state index >= 15 is 0 Å². The van der Waals surface area contributed by atoms with E-state index in [0.717, 1.165) is 0 Å². The highest BCUT2D eigenvalue weighted by atomic mass is 35.5. The van der Waals surface area contributed by atoms with Gasteiger partial charge in [0.15, 0.2) is 0 Å². The van der Waals surface area contributed by atoms with Crippen molar-refractivity contribution in [2.45, 2.75) is 6.92 Å². The fraction of sp³-hybridized carbons (Fsp3) is 0.100. The molecule has 0 saturated heterocycles. The Bertz CT molecular complexity index is 562. The summed E-state index contributed by atoms with van der Waals surface area (Å²) in [6.07, 6.45) is 1.37. The molecule has 2 nitrogen and oxygen atoms in total. The Hall–Kier alpha value is -1.35. The summed E-state index contributed by atoms with van der Waals surface area (Å²) in [7, 11) is 0. The SMILES string of the molecule is Cc1cc(F)cc2[nH]cc(Cl)c(=O)c12. The number of nitrogens with one attached hydrogen (secondary N) is 1. The molecule has 72 valence electrons. The molecular weight excluding hydrogens is 205 g/mol. The molecule has 0 aliphatic rings. The van der Waals surface area contributed by atoms with Crippen molar-refractivity contribution in [3.63, 3.8) is 0 Å². The number of H-pyrrole nitrogens is 1. The quantitative estimate of drug-likeness (QED) is 0.714. The molecule has 0 fully saturated rings. The molecule has 0 atom stereocenters. The molecule has 0 unspecified atom stereocenters. The predicted octanol–water partition coefficient (Wildman–Crippen LogP) is 2.63. The fourth-order valence-corrected chi connectivity index (χ4v) is 1.63. The minimum Gasteiger partial charge on any atom is -0.359 e. The van der Waals surface area contributed by atoms with Crippen LogP contribution in [0.25, 0.3) is 10.9 Å². The van der Waals surface area contributed by atoms with E-state index in [9.17, 15) is 9.18 Å². The summed E-state index contributed by atoms with van der Waals surface area (Å²) in [6.45, 7) is 1.68. The molecular formula is C10H7ClFNO. The predicted molar refractivity (Wildman–Crippen MR) is 54.3 cm³/mol. The number of rotatable bonds is 0. The van der Waals surface area contributed by atoms with Crippen LogP contribution < -0.4 is 5.43 Å². The summed E-state index contributed by atoms with van der Waals surface area (Å²) < 4.78 is 13.0. The van der Waals surface area contributed by atoms with Gasteiger partial charge in [0.2, 0.25) is 5.43 Å². The standard InChI is InChI=1S/C10H7ClFNO/c1-5-2-6(12)3-8-9(5)10(14)7(11)4-13-8/h2-4H,1H3,(H,13,14). The van der Waals surface area contributed by atoms with Crippen LogP contribution in [0.5, 0.6) is 0 Å². The van der Waals surface area contributed by atoms with Crippen LogP contribution in [0.1, 0.15) is 5.56 Å². The first-order valence-corrected chi connectivity index (χ1v) is 4.44. The fourth-order valence-electron chi connectivity index (χ4n) is 1.48. The Morgan fingerprint density at radius 1 is 1.43 bits per heavy atom. The largest absolute Gasteiger partial charge is 0.359 e. The average Bonchev–Trinajstić information content (AvgIpc) is 2.10. The molecule has 4 heteroatoms. The van der Waals surface area contributed by atoms with Crippen LogP contribution in [0.3, 0.4) is 0 Å². The van der Waals surface area contributed by atoms with Crippen molar-refractivity contribution >= 4 is 22.5 Å². The number of aryl methyl sites for hydroxylation is 1. The number of pyridine rings is 1. The number of aromatic amines is 1. The second kappa shape index (κ2) is 3.10. The molecule has 2 rings (SSSR count). The Morgan fingerprint density at radius 3 is 2.86 bits per heavy atom. The number of halogens is 2. The molecule has 0 bridgehead atoms.